The SMILES string of the molecule is CCCN(CCN1CC(c2ccc3c(c2)OCO3)C(C(=O)O)C1c1ccc(OC)c(F)c1)S(=O)(=O)CCN(C)C. The van der Waals surface area contributed by atoms with Gasteiger partial charge in [-0.1, -0.05) is 19.1 Å². The smallest absolute Gasteiger partial charge is 0.309 e. The van der Waals surface area contributed by atoms with E-state index in [1.54, 1.807) is 18.2 Å². The maximum absolute atomic E-state index is 14.8. The van der Waals surface area contributed by atoms with Crippen LogP contribution in [0.4, 0.5) is 4.39 Å². The Morgan fingerprint density at radius 3 is 2.48 bits per heavy atom. The summed E-state index contributed by atoms with van der Waals surface area (Å²) in [6, 6.07) is 9.18. The zero-order valence-corrected chi connectivity index (χ0v) is 24.2. The lowest BCUT2D eigenvalue weighted by atomic mass is 9.82. The molecule has 1 fully saturated rings. The number of hydrogen-bond donors (Lipinski definition) is 1. The first kappa shape index (κ1) is 30.0. The molecule has 0 bridgehead atoms. The van der Waals surface area contributed by atoms with Crippen LogP contribution < -0.4 is 14.2 Å². The molecule has 0 spiro atoms. The summed E-state index contributed by atoms with van der Waals surface area (Å²) >= 11 is 0. The molecule has 2 heterocycles. The molecule has 40 heavy (non-hydrogen) atoms. The lowest BCUT2D eigenvalue weighted by molar-refractivity contribution is -0.143. The van der Waals surface area contributed by atoms with E-state index in [1.807, 2.05) is 36.9 Å². The van der Waals surface area contributed by atoms with Gasteiger partial charge in [-0.05, 0) is 55.9 Å². The number of carboxylic acids is 1. The lowest BCUT2D eigenvalue weighted by Gasteiger charge is -2.30. The van der Waals surface area contributed by atoms with Crippen molar-refractivity contribution in [1.82, 2.24) is 14.1 Å². The molecule has 0 radical (unpaired) electrons. The quantitative estimate of drug-likeness (QED) is 0.383. The highest BCUT2D eigenvalue weighted by molar-refractivity contribution is 7.89. The zero-order chi connectivity index (χ0) is 29.0. The fourth-order valence-corrected chi connectivity index (χ4v) is 7.19. The highest BCUT2D eigenvalue weighted by Crippen LogP contribution is 2.48. The third-order valence-electron chi connectivity index (χ3n) is 7.53. The van der Waals surface area contributed by atoms with E-state index < -0.39 is 39.7 Å². The second-order valence-corrected chi connectivity index (χ2v) is 12.5. The summed E-state index contributed by atoms with van der Waals surface area (Å²) in [6.07, 6.45) is 0.645. The largest absolute Gasteiger partial charge is 0.494 e. The first-order valence-corrected chi connectivity index (χ1v) is 15.0. The number of carboxylic acid groups (broad SMARTS) is 1. The number of methoxy groups -OCH3 is 1. The Balaban J connectivity index is 1.68. The average Bonchev–Trinajstić information content (AvgIpc) is 3.54. The van der Waals surface area contributed by atoms with E-state index in [9.17, 15) is 22.7 Å². The zero-order valence-electron chi connectivity index (χ0n) is 23.4. The molecule has 1 N–H and O–H groups in total. The third kappa shape index (κ3) is 6.51. The van der Waals surface area contributed by atoms with Crippen molar-refractivity contribution in [3.05, 3.63) is 53.3 Å². The number of nitrogens with zero attached hydrogens (tertiary/aromatic N) is 3. The molecule has 2 aliphatic rings. The molecule has 4 rings (SSSR count). The van der Waals surface area contributed by atoms with E-state index in [0.29, 0.717) is 43.1 Å². The Morgan fingerprint density at radius 1 is 1.10 bits per heavy atom. The van der Waals surface area contributed by atoms with Crippen LogP contribution in [-0.2, 0) is 14.8 Å². The van der Waals surface area contributed by atoms with E-state index in [0.717, 1.165) is 5.56 Å². The van der Waals surface area contributed by atoms with Crippen LogP contribution >= 0.6 is 0 Å². The Hall–Kier alpha value is -2.93. The third-order valence-corrected chi connectivity index (χ3v) is 9.38. The van der Waals surface area contributed by atoms with Gasteiger partial charge in [-0.3, -0.25) is 9.69 Å². The molecule has 10 nitrogen and oxygen atoms in total. The Kier molecular flexibility index (Phi) is 9.55. The molecule has 0 aliphatic carbocycles. The normalized spacial score (nSPS) is 20.9. The number of carbonyl (C=O) groups is 1. The number of likely N-dealkylation sites (tertiary alicyclic amines) is 1. The maximum atomic E-state index is 14.8. The molecule has 2 aliphatic heterocycles. The molecule has 0 aromatic heterocycles. The summed E-state index contributed by atoms with van der Waals surface area (Å²) < 4.78 is 58.7. The van der Waals surface area contributed by atoms with Gasteiger partial charge >= 0.3 is 5.97 Å². The van der Waals surface area contributed by atoms with E-state index in [4.69, 9.17) is 14.2 Å². The van der Waals surface area contributed by atoms with Crippen molar-refractivity contribution in [2.45, 2.75) is 25.3 Å². The van der Waals surface area contributed by atoms with Gasteiger partial charge < -0.3 is 24.2 Å². The van der Waals surface area contributed by atoms with Gasteiger partial charge in [0, 0.05) is 44.7 Å². The minimum atomic E-state index is -3.53. The van der Waals surface area contributed by atoms with Gasteiger partial charge in [0.1, 0.15) is 0 Å². The number of halogens is 1. The summed E-state index contributed by atoms with van der Waals surface area (Å²) in [7, 11) is 1.49. The number of sulfonamides is 1. The van der Waals surface area contributed by atoms with E-state index in [1.165, 1.54) is 23.5 Å². The standard InChI is InChI=1S/C28H38FN3O7S/c1-5-10-32(40(35,36)14-13-30(2)3)12-11-31-17-21(19-6-9-24-25(16-19)39-18-38-24)26(28(33)34)27(31)20-7-8-23(37-4)22(29)15-20/h6-9,15-16,21,26-27H,5,10-14,17-18H2,1-4H3,(H,33,34). The van der Waals surface area contributed by atoms with Crippen LogP contribution in [0.25, 0.3) is 0 Å². The molecular formula is C28H38FN3O7S. The molecule has 3 atom stereocenters. The predicted octanol–water partition coefficient (Wildman–Crippen LogP) is 3.01. The van der Waals surface area contributed by atoms with Crippen molar-refractivity contribution in [1.29, 1.82) is 0 Å². The van der Waals surface area contributed by atoms with Crippen molar-refractivity contribution >= 4 is 16.0 Å². The molecule has 0 saturated carbocycles. The Bertz CT molecular complexity index is 1310. The van der Waals surface area contributed by atoms with Crippen molar-refractivity contribution < 1.29 is 36.9 Å². The number of fused-ring (bicyclic) bond motifs is 1. The van der Waals surface area contributed by atoms with Gasteiger partial charge in [0.15, 0.2) is 23.1 Å². The van der Waals surface area contributed by atoms with Crippen LogP contribution in [0.15, 0.2) is 36.4 Å². The van der Waals surface area contributed by atoms with Crippen LogP contribution in [-0.4, -0.2) is 100 Å². The minimum Gasteiger partial charge on any atom is -0.494 e. The maximum Gasteiger partial charge on any atom is 0.309 e. The Labute approximate surface area is 235 Å². The van der Waals surface area contributed by atoms with Gasteiger partial charge in [0.2, 0.25) is 16.8 Å². The molecule has 0 amide bonds. The summed E-state index contributed by atoms with van der Waals surface area (Å²) in [5, 5.41) is 10.5. The van der Waals surface area contributed by atoms with Gasteiger partial charge in [0.05, 0.1) is 18.8 Å². The summed E-state index contributed by atoms with van der Waals surface area (Å²) in [4.78, 5) is 16.6. The van der Waals surface area contributed by atoms with Crippen LogP contribution in [0.2, 0.25) is 0 Å². The van der Waals surface area contributed by atoms with Crippen LogP contribution in [0.3, 0.4) is 0 Å². The van der Waals surface area contributed by atoms with Crippen molar-refractivity contribution in [3.63, 3.8) is 0 Å². The highest BCUT2D eigenvalue weighted by atomic mass is 32.2. The Morgan fingerprint density at radius 2 is 1.82 bits per heavy atom. The number of benzene rings is 2. The van der Waals surface area contributed by atoms with Crippen molar-refractivity contribution in [2.75, 3.05) is 66.5 Å². The number of aliphatic carboxylic acids is 1. The fraction of sp³-hybridized carbons (Fsp3) is 0.536. The fourth-order valence-electron chi connectivity index (χ4n) is 5.51. The lowest BCUT2D eigenvalue weighted by Crippen LogP contribution is -2.42. The van der Waals surface area contributed by atoms with Crippen LogP contribution in [0, 0.1) is 11.7 Å². The summed E-state index contributed by atoms with van der Waals surface area (Å²) in [5.41, 5.74) is 1.26. The van der Waals surface area contributed by atoms with E-state index in [-0.39, 0.29) is 31.4 Å². The molecule has 12 heteroatoms. The van der Waals surface area contributed by atoms with Gasteiger partial charge in [-0.15, -0.1) is 0 Å². The monoisotopic (exact) mass is 579 g/mol. The molecule has 220 valence electrons. The molecule has 3 unspecified atom stereocenters. The highest BCUT2D eigenvalue weighted by Gasteiger charge is 2.48. The topological polar surface area (TPSA) is 109 Å². The van der Waals surface area contributed by atoms with Gasteiger partial charge in [0.25, 0.3) is 0 Å². The van der Waals surface area contributed by atoms with Crippen molar-refractivity contribution in [3.8, 4) is 17.2 Å². The van der Waals surface area contributed by atoms with Crippen LogP contribution in [0.1, 0.15) is 36.4 Å². The molecule has 1 saturated heterocycles. The molecular weight excluding hydrogens is 541 g/mol. The first-order valence-electron chi connectivity index (χ1n) is 13.4. The first-order chi connectivity index (χ1) is 19.1. The number of hydrogen-bond acceptors (Lipinski definition) is 8. The van der Waals surface area contributed by atoms with Crippen LogP contribution in [0.5, 0.6) is 17.2 Å². The summed E-state index contributed by atoms with van der Waals surface area (Å²) in [6.45, 7) is 3.59. The second kappa shape index (κ2) is 12.7. The van der Waals surface area contributed by atoms with E-state index in [2.05, 4.69) is 0 Å². The number of rotatable bonds is 13. The number of ether oxygens (including phenoxy) is 3. The second-order valence-electron chi connectivity index (χ2n) is 10.4. The van der Waals surface area contributed by atoms with E-state index >= 15 is 0 Å². The van der Waals surface area contributed by atoms with Crippen molar-refractivity contribution in [2.24, 2.45) is 5.92 Å². The minimum absolute atomic E-state index is 0.00923. The van der Waals surface area contributed by atoms with Gasteiger partial charge in [-0.25, -0.2) is 17.1 Å². The summed E-state index contributed by atoms with van der Waals surface area (Å²) in [5.74, 6) is -1.78. The van der Waals surface area contributed by atoms with Gasteiger partial charge in [-0.2, -0.15) is 0 Å². The predicted molar refractivity (Wildman–Crippen MR) is 148 cm³/mol. The molecule has 2 aromatic rings. The average molecular weight is 580 g/mol. The molecule has 2 aromatic carbocycles.